The van der Waals surface area contributed by atoms with Crippen molar-refractivity contribution >= 4 is 11.9 Å². The fraction of sp³-hybridized carbons (Fsp3) is 0.500. The van der Waals surface area contributed by atoms with Crippen molar-refractivity contribution < 1.29 is 28.9 Å². The summed E-state index contributed by atoms with van der Waals surface area (Å²) in [6.07, 6.45) is 3.01. The Balaban J connectivity index is 1.19. The van der Waals surface area contributed by atoms with E-state index >= 15 is 0 Å². The predicted octanol–water partition coefficient (Wildman–Crippen LogP) is 6.86. The number of benzene rings is 3. The zero-order valence-electron chi connectivity index (χ0n) is 28.9. The second-order valence-electron chi connectivity index (χ2n) is 15.2. The maximum atomic E-state index is 12.5. The number of nitrogens with one attached hydrogen (secondary N) is 1. The molecule has 1 amide bonds. The van der Waals surface area contributed by atoms with Crippen molar-refractivity contribution in [2.45, 2.75) is 104 Å². The molecular formula is C40H50N2O6. The summed E-state index contributed by atoms with van der Waals surface area (Å²) in [6, 6.07) is 24.9. The number of esters is 1. The molecule has 2 bridgehead atoms. The van der Waals surface area contributed by atoms with E-state index in [2.05, 4.69) is 67.4 Å². The quantitative estimate of drug-likeness (QED) is 0.231. The van der Waals surface area contributed by atoms with E-state index in [0.29, 0.717) is 23.4 Å². The highest BCUT2D eigenvalue weighted by atomic mass is 16.7. The average molecular weight is 655 g/mol. The minimum atomic E-state index is -0.857. The lowest BCUT2D eigenvalue weighted by molar-refractivity contribution is -0.253. The number of carbonyl (C=O) groups is 2. The van der Waals surface area contributed by atoms with Crippen LogP contribution >= 0.6 is 0 Å². The second kappa shape index (κ2) is 14.1. The van der Waals surface area contributed by atoms with Gasteiger partial charge in [-0.1, -0.05) is 93.6 Å². The molecule has 2 saturated heterocycles. The van der Waals surface area contributed by atoms with Gasteiger partial charge in [0.2, 0.25) is 0 Å². The smallest absolute Gasteiger partial charge is 0.303 e. The molecule has 8 nitrogen and oxygen atoms in total. The van der Waals surface area contributed by atoms with Crippen LogP contribution in [0.5, 0.6) is 0 Å². The molecule has 0 aromatic heterocycles. The van der Waals surface area contributed by atoms with Crippen LogP contribution in [0.1, 0.15) is 94.9 Å². The molecule has 48 heavy (non-hydrogen) atoms. The van der Waals surface area contributed by atoms with Gasteiger partial charge in [-0.05, 0) is 64.8 Å². The van der Waals surface area contributed by atoms with Crippen molar-refractivity contribution in [3.05, 3.63) is 95.1 Å². The standard InChI is InChI=1S/C40H50N2O6/c1-26(46-27(2)44)37(45)41-21-32-8-6-7-9-35(32)29-14-16-31(17-15-29)38-47-34(18-36(48-38)30-12-10-28(23-43)11-13-30)22-42-25-40(5)20-33(42)19-39(3,4)24-40/h6-17,26,33-34,36,38,43H,18-25H2,1-5H3,(H,41,45)/t26-,33?,34+,36-,38-,40?/m0/s1. The van der Waals surface area contributed by atoms with Crippen LogP contribution in [-0.4, -0.2) is 53.2 Å². The first kappa shape index (κ1) is 34.3. The molecule has 6 rings (SSSR count). The molecule has 2 unspecified atom stereocenters. The molecular weight excluding hydrogens is 604 g/mol. The second-order valence-corrected chi connectivity index (χ2v) is 15.2. The summed E-state index contributed by atoms with van der Waals surface area (Å²) in [5.41, 5.74) is 6.62. The minimum Gasteiger partial charge on any atom is -0.453 e. The van der Waals surface area contributed by atoms with Gasteiger partial charge >= 0.3 is 5.97 Å². The minimum absolute atomic E-state index is 0.00992. The summed E-state index contributed by atoms with van der Waals surface area (Å²) >= 11 is 0. The number of aliphatic hydroxyl groups excluding tert-OH is 1. The third kappa shape index (κ3) is 8.00. The summed E-state index contributed by atoms with van der Waals surface area (Å²) in [5, 5.41) is 12.5. The normalized spacial score (nSPS) is 27.3. The molecule has 0 radical (unpaired) electrons. The number of carbonyl (C=O) groups excluding carboxylic acids is 2. The fourth-order valence-corrected chi connectivity index (χ4v) is 8.49. The Kier molecular flexibility index (Phi) is 10.1. The van der Waals surface area contributed by atoms with Crippen LogP contribution in [0.4, 0.5) is 0 Å². The lowest BCUT2D eigenvalue weighted by Crippen LogP contribution is -2.42. The highest BCUT2D eigenvalue weighted by Gasteiger charge is 2.50. The Hall–Kier alpha value is -3.56. The SMILES string of the molecule is CC(=O)O[C@@H](C)C(=O)NCc1ccccc1-c1ccc([C@H]2O[C@@H](CN3CC4(C)CC3CC(C)(C)C4)C[C@@H](c3ccc(CO)cc3)O2)cc1. The van der Waals surface area contributed by atoms with E-state index < -0.39 is 18.4 Å². The Morgan fingerprint density at radius 2 is 1.69 bits per heavy atom. The van der Waals surface area contributed by atoms with E-state index in [0.717, 1.165) is 52.9 Å². The Morgan fingerprint density at radius 3 is 2.40 bits per heavy atom. The van der Waals surface area contributed by atoms with Crippen molar-refractivity contribution in [2.75, 3.05) is 13.1 Å². The number of aliphatic hydroxyl groups is 1. The number of hydrogen-bond donors (Lipinski definition) is 2. The number of likely N-dealkylation sites (tertiary alicyclic amines) is 1. The van der Waals surface area contributed by atoms with Gasteiger partial charge in [-0.25, -0.2) is 0 Å². The number of hydrogen-bond acceptors (Lipinski definition) is 7. The lowest BCUT2D eigenvalue weighted by atomic mass is 9.65. The summed E-state index contributed by atoms with van der Waals surface area (Å²) in [6.45, 7) is 12.5. The van der Waals surface area contributed by atoms with Gasteiger partial charge in [0, 0.05) is 44.6 Å². The van der Waals surface area contributed by atoms with Gasteiger partial charge in [0.05, 0.1) is 18.8 Å². The maximum absolute atomic E-state index is 12.5. The maximum Gasteiger partial charge on any atom is 0.303 e. The zero-order valence-corrected chi connectivity index (χ0v) is 28.9. The summed E-state index contributed by atoms with van der Waals surface area (Å²) in [5.74, 6) is -0.828. The molecule has 1 saturated carbocycles. The molecule has 3 aliphatic rings. The van der Waals surface area contributed by atoms with Crippen LogP contribution in [0.3, 0.4) is 0 Å². The molecule has 2 aliphatic heterocycles. The third-order valence-electron chi connectivity index (χ3n) is 10.3. The Bertz CT molecular complexity index is 1590. The van der Waals surface area contributed by atoms with E-state index in [1.807, 2.05) is 36.4 Å². The molecule has 0 spiro atoms. The molecule has 8 heteroatoms. The van der Waals surface area contributed by atoms with E-state index in [1.165, 1.54) is 26.2 Å². The van der Waals surface area contributed by atoms with Gasteiger partial charge in [-0.3, -0.25) is 14.5 Å². The van der Waals surface area contributed by atoms with Gasteiger partial charge in [-0.2, -0.15) is 0 Å². The van der Waals surface area contributed by atoms with Crippen LogP contribution in [-0.2, 0) is 37.0 Å². The number of amides is 1. The van der Waals surface area contributed by atoms with Crippen LogP contribution in [0.15, 0.2) is 72.8 Å². The topological polar surface area (TPSA) is 97.3 Å². The Labute approximate surface area is 284 Å². The molecule has 256 valence electrons. The van der Waals surface area contributed by atoms with Gasteiger partial charge in [0.1, 0.15) is 0 Å². The van der Waals surface area contributed by atoms with Crippen molar-refractivity contribution in [2.24, 2.45) is 10.8 Å². The van der Waals surface area contributed by atoms with Gasteiger partial charge < -0.3 is 24.6 Å². The van der Waals surface area contributed by atoms with Crippen molar-refractivity contribution in [1.29, 1.82) is 0 Å². The molecule has 3 aromatic carbocycles. The number of fused-ring (bicyclic) bond motifs is 2. The first-order valence-electron chi connectivity index (χ1n) is 17.3. The molecule has 2 heterocycles. The largest absolute Gasteiger partial charge is 0.453 e. The third-order valence-corrected chi connectivity index (χ3v) is 10.3. The van der Waals surface area contributed by atoms with E-state index in [-0.39, 0.29) is 24.7 Å². The molecule has 3 aromatic rings. The number of rotatable bonds is 10. The number of ether oxygens (including phenoxy) is 3. The first-order valence-corrected chi connectivity index (χ1v) is 17.3. The average Bonchev–Trinajstić information content (AvgIpc) is 3.30. The van der Waals surface area contributed by atoms with E-state index in [1.54, 1.807) is 6.92 Å². The zero-order chi connectivity index (χ0) is 34.1. The van der Waals surface area contributed by atoms with Crippen molar-refractivity contribution in [1.82, 2.24) is 10.2 Å². The molecule has 2 N–H and O–H groups in total. The monoisotopic (exact) mass is 654 g/mol. The predicted molar refractivity (Wildman–Crippen MR) is 184 cm³/mol. The van der Waals surface area contributed by atoms with Gasteiger partial charge in [0.15, 0.2) is 12.4 Å². The van der Waals surface area contributed by atoms with Crippen LogP contribution in [0.25, 0.3) is 11.1 Å². The first-order chi connectivity index (χ1) is 22.9. The highest BCUT2D eigenvalue weighted by molar-refractivity contribution is 5.83. The molecule has 1 aliphatic carbocycles. The van der Waals surface area contributed by atoms with E-state index in [9.17, 15) is 14.7 Å². The Morgan fingerprint density at radius 1 is 0.979 bits per heavy atom. The van der Waals surface area contributed by atoms with Crippen LogP contribution in [0, 0.1) is 10.8 Å². The molecule has 3 fully saturated rings. The summed E-state index contributed by atoms with van der Waals surface area (Å²) in [7, 11) is 0. The molecule has 6 atom stereocenters. The van der Waals surface area contributed by atoms with Crippen molar-refractivity contribution in [3.63, 3.8) is 0 Å². The van der Waals surface area contributed by atoms with Gasteiger partial charge in [0.25, 0.3) is 5.91 Å². The van der Waals surface area contributed by atoms with E-state index in [4.69, 9.17) is 14.2 Å². The highest BCUT2D eigenvalue weighted by Crippen LogP contribution is 2.53. The lowest BCUT2D eigenvalue weighted by Gasteiger charge is -2.41. The summed E-state index contributed by atoms with van der Waals surface area (Å²) < 4.78 is 18.4. The van der Waals surface area contributed by atoms with Crippen molar-refractivity contribution in [3.8, 4) is 11.1 Å². The van der Waals surface area contributed by atoms with Crippen LogP contribution < -0.4 is 5.32 Å². The number of nitrogens with zero attached hydrogens (tertiary/aromatic N) is 1. The fourth-order valence-electron chi connectivity index (χ4n) is 8.49. The van der Waals surface area contributed by atoms with Crippen LogP contribution in [0.2, 0.25) is 0 Å². The van der Waals surface area contributed by atoms with Gasteiger partial charge in [-0.15, -0.1) is 0 Å². The summed E-state index contributed by atoms with van der Waals surface area (Å²) in [4.78, 5) is 26.4.